The normalized spacial score (nSPS) is 14.6. The zero-order valence-electron chi connectivity index (χ0n) is 11.7. The molecule has 1 aromatic carbocycles. The second kappa shape index (κ2) is 7.24. The van der Waals surface area contributed by atoms with E-state index >= 15 is 0 Å². The van der Waals surface area contributed by atoms with E-state index in [1.165, 1.54) is 7.11 Å². The molecule has 0 unspecified atom stereocenters. The maximum atomic E-state index is 10.5. The Bertz CT molecular complexity index is 528. The van der Waals surface area contributed by atoms with E-state index in [4.69, 9.17) is 31.5 Å². The maximum absolute atomic E-state index is 10.5. The van der Waals surface area contributed by atoms with Crippen LogP contribution in [0.25, 0.3) is 0 Å². The van der Waals surface area contributed by atoms with Crippen molar-refractivity contribution in [3.8, 4) is 11.5 Å². The van der Waals surface area contributed by atoms with Crippen molar-refractivity contribution < 1.29 is 24.1 Å². The van der Waals surface area contributed by atoms with Crippen molar-refractivity contribution in [1.82, 2.24) is 4.90 Å². The van der Waals surface area contributed by atoms with Crippen molar-refractivity contribution in [3.05, 3.63) is 23.8 Å². The van der Waals surface area contributed by atoms with Gasteiger partial charge in [0.2, 0.25) is 0 Å². The van der Waals surface area contributed by atoms with Crippen molar-refractivity contribution in [1.29, 1.82) is 0 Å². The molecule has 0 bridgehead atoms. The average Bonchev–Trinajstić information content (AvgIpc) is 2.52. The van der Waals surface area contributed by atoms with Gasteiger partial charge in [0.1, 0.15) is 4.99 Å². The molecule has 1 aromatic rings. The summed E-state index contributed by atoms with van der Waals surface area (Å²) in [7, 11) is 1.50. The summed E-state index contributed by atoms with van der Waals surface area (Å²) in [4.78, 5) is 13.3. The summed E-state index contributed by atoms with van der Waals surface area (Å²) in [6.07, 6.45) is 0. The molecule has 0 aliphatic carbocycles. The monoisotopic (exact) mass is 311 g/mol. The summed E-state index contributed by atoms with van der Waals surface area (Å²) in [5, 5.41) is 8.65. The number of nitrogens with zero attached hydrogens (tertiary/aromatic N) is 1. The number of morpholine rings is 1. The van der Waals surface area contributed by atoms with E-state index < -0.39 is 12.6 Å². The minimum Gasteiger partial charge on any atom is -0.493 e. The van der Waals surface area contributed by atoms with Crippen LogP contribution in [0, 0.1) is 0 Å². The largest absolute Gasteiger partial charge is 0.493 e. The highest BCUT2D eigenvalue weighted by Crippen LogP contribution is 2.28. The van der Waals surface area contributed by atoms with E-state index in [-0.39, 0.29) is 0 Å². The Hall–Kier alpha value is -1.86. The molecule has 0 spiro atoms. The number of ether oxygens (including phenoxy) is 3. The Labute approximate surface area is 128 Å². The van der Waals surface area contributed by atoms with Crippen LogP contribution in [0.4, 0.5) is 0 Å². The van der Waals surface area contributed by atoms with Crippen LogP contribution in [0.5, 0.6) is 11.5 Å². The van der Waals surface area contributed by atoms with Gasteiger partial charge in [-0.25, -0.2) is 4.79 Å². The first-order valence-electron chi connectivity index (χ1n) is 6.51. The lowest BCUT2D eigenvalue weighted by molar-refractivity contribution is -0.139. The van der Waals surface area contributed by atoms with Crippen LogP contribution in [0.1, 0.15) is 5.56 Å². The zero-order chi connectivity index (χ0) is 15.2. The summed E-state index contributed by atoms with van der Waals surface area (Å²) in [5.74, 6) is -0.192. The Morgan fingerprint density at radius 3 is 2.71 bits per heavy atom. The lowest BCUT2D eigenvalue weighted by Gasteiger charge is -2.29. The van der Waals surface area contributed by atoms with Gasteiger partial charge in [0.25, 0.3) is 0 Å². The molecule has 1 aliphatic rings. The smallest absolute Gasteiger partial charge is 0.341 e. The molecule has 1 fully saturated rings. The standard InChI is InChI=1S/C14H17NO5S/c1-18-12-8-10(2-3-11(12)20-9-13(16)17)14(21)15-4-6-19-7-5-15/h2-3,8H,4-7,9H2,1H3,(H,16,17). The van der Waals surface area contributed by atoms with Crippen molar-refractivity contribution >= 4 is 23.2 Å². The number of hydrogen-bond acceptors (Lipinski definition) is 5. The molecule has 6 nitrogen and oxygen atoms in total. The summed E-state index contributed by atoms with van der Waals surface area (Å²) in [5.41, 5.74) is 0.839. The Kier molecular flexibility index (Phi) is 5.35. The molecule has 7 heteroatoms. The molecule has 2 rings (SSSR count). The van der Waals surface area contributed by atoms with Crippen LogP contribution in [-0.2, 0) is 9.53 Å². The van der Waals surface area contributed by atoms with Gasteiger partial charge in [-0.1, -0.05) is 12.2 Å². The molecular weight excluding hydrogens is 294 g/mol. The molecule has 1 aliphatic heterocycles. The fraction of sp³-hybridized carbons (Fsp3) is 0.429. The summed E-state index contributed by atoms with van der Waals surface area (Å²) >= 11 is 5.48. The topological polar surface area (TPSA) is 68.2 Å². The average molecular weight is 311 g/mol. The van der Waals surface area contributed by atoms with E-state index in [2.05, 4.69) is 4.90 Å². The Morgan fingerprint density at radius 2 is 2.10 bits per heavy atom. The third-order valence-electron chi connectivity index (χ3n) is 3.06. The SMILES string of the molecule is COc1cc(C(=S)N2CCOCC2)ccc1OCC(=O)O. The second-order valence-electron chi connectivity index (χ2n) is 4.45. The molecule has 0 saturated carbocycles. The van der Waals surface area contributed by atoms with Gasteiger partial charge in [-0.15, -0.1) is 0 Å². The van der Waals surface area contributed by atoms with Crippen molar-refractivity contribution in [2.24, 2.45) is 0 Å². The molecule has 114 valence electrons. The van der Waals surface area contributed by atoms with Gasteiger partial charge in [-0.05, 0) is 18.2 Å². The third kappa shape index (κ3) is 4.05. The second-order valence-corrected chi connectivity index (χ2v) is 4.84. The summed E-state index contributed by atoms with van der Waals surface area (Å²) in [6.45, 7) is 2.44. The van der Waals surface area contributed by atoms with Gasteiger partial charge >= 0.3 is 5.97 Å². The molecule has 0 atom stereocenters. The van der Waals surface area contributed by atoms with Gasteiger partial charge < -0.3 is 24.2 Å². The quantitative estimate of drug-likeness (QED) is 0.819. The van der Waals surface area contributed by atoms with Crippen LogP contribution in [0.15, 0.2) is 18.2 Å². The van der Waals surface area contributed by atoms with E-state index in [1.807, 2.05) is 0 Å². The highest BCUT2D eigenvalue weighted by atomic mass is 32.1. The third-order valence-corrected chi connectivity index (χ3v) is 3.55. The number of benzene rings is 1. The highest BCUT2D eigenvalue weighted by Gasteiger charge is 2.17. The van der Waals surface area contributed by atoms with Crippen LogP contribution < -0.4 is 9.47 Å². The predicted molar refractivity (Wildman–Crippen MR) is 80.2 cm³/mol. The van der Waals surface area contributed by atoms with Crippen LogP contribution >= 0.6 is 12.2 Å². The Balaban J connectivity index is 2.13. The summed E-state index contributed by atoms with van der Waals surface area (Å²) in [6, 6.07) is 5.23. The molecule has 0 aromatic heterocycles. The van der Waals surface area contributed by atoms with E-state index in [0.29, 0.717) is 24.7 Å². The Morgan fingerprint density at radius 1 is 1.38 bits per heavy atom. The number of hydrogen-bond donors (Lipinski definition) is 1. The molecule has 21 heavy (non-hydrogen) atoms. The maximum Gasteiger partial charge on any atom is 0.341 e. The first-order chi connectivity index (χ1) is 10.1. The molecule has 1 N–H and O–H groups in total. The fourth-order valence-electron chi connectivity index (χ4n) is 2.01. The number of rotatable bonds is 5. The lowest BCUT2D eigenvalue weighted by atomic mass is 10.1. The first kappa shape index (κ1) is 15.5. The van der Waals surface area contributed by atoms with Gasteiger partial charge in [0.05, 0.1) is 20.3 Å². The molecule has 0 radical (unpaired) electrons. The number of carbonyl (C=O) groups is 1. The van der Waals surface area contributed by atoms with Gasteiger partial charge in [-0.2, -0.15) is 0 Å². The van der Waals surface area contributed by atoms with Gasteiger partial charge in [-0.3, -0.25) is 0 Å². The summed E-state index contributed by atoms with van der Waals surface area (Å²) < 4.78 is 15.7. The minimum absolute atomic E-state index is 0.383. The molecule has 1 saturated heterocycles. The number of aliphatic carboxylic acids is 1. The van der Waals surface area contributed by atoms with Crippen molar-refractivity contribution in [2.75, 3.05) is 40.0 Å². The molecule has 0 amide bonds. The van der Waals surface area contributed by atoms with Crippen LogP contribution in [0.3, 0.4) is 0 Å². The number of carboxylic acids is 1. The van der Waals surface area contributed by atoms with Crippen molar-refractivity contribution in [3.63, 3.8) is 0 Å². The van der Waals surface area contributed by atoms with E-state index in [9.17, 15) is 4.79 Å². The number of thiocarbonyl (C=S) groups is 1. The van der Waals surface area contributed by atoms with Gasteiger partial charge in [0.15, 0.2) is 18.1 Å². The zero-order valence-corrected chi connectivity index (χ0v) is 12.5. The minimum atomic E-state index is -1.04. The van der Waals surface area contributed by atoms with Crippen molar-refractivity contribution in [2.45, 2.75) is 0 Å². The van der Waals surface area contributed by atoms with Crippen LogP contribution in [-0.4, -0.2) is 61.0 Å². The molecular formula is C14H17NO5S. The lowest BCUT2D eigenvalue weighted by Crippen LogP contribution is -2.40. The van der Waals surface area contributed by atoms with E-state index in [0.717, 1.165) is 23.6 Å². The predicted octanol–water partition coefficient (Wildman–Crippen LogP) is 1.17. The number of methoxy groups -OCH3 is 1. The van der Waals surface area contributed by atoms with E-state index in [1.54, 1.807) is 18.2 Å². The molecule has 1 heterocycles. The number of carboxylic acid groups (broad SMARTS) is 1. The highest BCUT2D eigenvalue weighted by molar-refractivity contribution is 7.80. The van der Waals surface area contributed by atoms with Gasteiger partial charge in [0, 0.05) is 18.7 Å². The fourth-order valence-corrected chi connectivity index (χ4v) is 2.32. The first-order valence-corrected chi connectivity index (χ1v) is 6.92. The van der Waals surface area contributed by atoms with Crippen LogP contribution in [0.2, 0.25) is 0 Å².